The Kier molecular flexibility index (Phi) is 8.77. The molecule has 3 unspecified atom stereocenters. The van der Waals surface area contributed by atoms with Gasteiger partial charge in [0.05, 0.1) is 23.5 Å². The molecular weight excluding hydrogens is 681 g/mol. The van der Waals surface area contributed by atoms with Gasteiger partial charge >= 0.3 is 5.69 Å². The van der Waals surface area contributed by atoms with E-state index < -0.39 is 11.2 Å². The fourth-order valence-corrected chi connectivity index (χ4v) is 10.7. The maximum absolute atomic E-state index is 14.1. The van der Waals surface area contributed by atoms with Crippen LogP contribution >= 0.6 is 0 Å². The molecular formula is C48H50N4O3. The molecule has 0 saturated heterocycles. The van der Waals surface area contributed by atoms with Gasteiger partial charge in [-0.2, -0.15) is 0 Å². The van der Waals surface area contributed by atoms with Crippen molar-refractivity contribution in [3.8, 4) is 30.8 Å². The van der Waals surface area contributed by atoms with Crippen molar-refractivity contribution in [2.24, 2.45) is 20.0 Å². The molecule has 55 heavy (non-hydrogen) atoms. The first-order valence-electron chi connectivity index (χ1n) is 19.6. The Bertz CT molecular complexity index is 2630. The van der Waals surface area contributed by atoms with Gasteiger partial charge in [0.15, 0.2) is 0 Å². The Labute approximate surface area is 323 Å². The van der Waals surface area contributed by atoms with Gasteiger partial charge in [0, 0.05) is 37.0 Å². The largest absolute Gasteiger partial charge is 0.494 e. The average Bonchev–Trinajstić information content (AvgIpc) is 3.56. The van der Waals surface area contributed by atoms with E-state index in [9.17, 15) is 14.7 Å². The number of hydrogen-bond acceptors (Lipinski definition) is 5. The van der Waals surface area contributed by atoms with Crippen LogP contribution < -0.4 is 21.0 Å². The van der Waals surface area contributed by atoms with Crippen molar-refractivity contribution in [2.75, 3.05) is 9.80 Å². The molecule has 0 fully saturated rings. The van der Waals surface area contributed by atoms with E-state index >= 15 is 0 Å². The van der Waals surface area contributed by atoms with Crippen LogP contribution in [0.1, 0.15) is 89.3 Å². The van der Waals surface area contributed by atoms with Crippen LogP contribution in [0.25, 0.3) is 27.1 Å². The number of hydrogen-bond donors (Lipinski definition) is 1. The van der Waals surface area contributed by atoms with E-state index in [2.05, 4.69) is 122 Å². The number of terminal acetylenes is 2. The average molecular weight is 731 g/mol. The standard InChI is InChI=1S/C48H50N4O3/c1-9-51-36-26-22-30-16-11-13-20-34(30)42(36)47(3,4)38(51)28-24-32-18-15-19-33(40(32)41-44(53)49(7)46(55)50(8)45(41)54)25-29-39-48(5,6)43-35-21-14-12-17-31(35)23-27-37(43)52(39)10-2/h1-2,11-14,16-17,20-23,26-27,32,38-39,53H,15,18-19,24-25,28-29H2,3-8H3. The first-order valence-corrected chi connectivity index (χ1v) is 19.6. The molecule has 3 atom stereocenters. The van der Waals surface area contributed by atoms with Crippen LogP contribution in [0.4, 0.5) is 11.4 Å². The van der Waals surface area contributed by atoms with Crippen LogP contribution in [0.5, 0.6) is 5.88 Å². The van der Waals surface area contributed by atoms with E-state index in [1.165, 1.54) is 51.3 Å². The van der Waals surface area contributed by atoms with Gasteiger partial charge in [0.25, 0.3) is 5.56 Å². The molecule has 4 aromatic carbocycles. The molecule has 280 valence electrons. The molecule has 1 N–H and O–H groups in total. The van der Waals surface area contributed by atoms with Crippen molar-refractivity contribution in [1.82, 2.24) is 9.13 Å². The summed E-state index contributed by atoms with van der Waals surface area (Å²) >= 11 is 0. The van der Waals surface area contributed by atoms with Crippen molar-refractivity contribution in [1.29, 1.82) is 0 Å². The second kappa shape index (κ2) is 13.3. The van der Waals surface area contributed by atoms with E-state index in [-0.39, 0.29) is 40.3 Å². The Morgan fingerprint density at radius 3 is 1.80 bits per heavy atom. The van der Waals surface area contributed by atoms with Gasteiger partial charge in [0.1, 0.15) is 5.56 Å². The van der Waals surface area contributed by atoms with E-state index in [0.29, 0.717) is 6.42 Å². The molecule has 0 saturated carbocycles. The smallest absolute Gasteiger partial charge is 0.333 e. The van der Waals surface area contributed by atoms with Gasteiger partial charge in [-0.1, -0.05) is 107 Å². The van der Waals surface area contributed by atoms with Crippen LogP contribution in [-0.2, 0) is 24.9 Å². The zero-order valence-electron chi connectivity index (χ0n) is 32.8. The lowest BCUT2D eigenvalue weighted by atomic mass is 9.72. The molecule has 1 aliphatic carbocycles. The Morgan fingerprint density at radius 1 is 0.727 bits per heavy atom. The summed E-state index contributed by atoms with van der Waals surface area (Å²) in [6.07, 6.45) is 18.2. The lowest BCUT2D eigenvalue weighted by Crippen LogP contribution is -2.40. The number of allylic oxidation sites excluding steroid dienone is 2. The van der Waals surface area contributed by atoms with Gasteiger partial charge in [-0.3, -0.25) is 23.7 Å². The highest BCUT2D eigenvalue weighted by Gasteiger charge is 2.47. The number of nitrogens with zero attached hydrogens (tertiary/aromatic N) is 4. The zero-order valence-corrected chi connectivity index (χ0v) is 32.8. The Hall–Kier alpha value is -5.66. The van der Waals surface area contributed by atoms with Crippen LogP contribution in [-0.4, -0.2) is 26.3 Å². The van der Waals surface area contributed by atoms with Gasteiger partial charge in [-0.05, 0) is 101 Å². The van der Waals surface area contributed by atoms with Crippen LogP contribution in [0, 0.1) is 30.9 Å². The maximum atomic E-state index is 14.1. The second-order valence-corrected chi connectivity index (χ2v) is 17.0. The van der Waals surface area contributed by atoms with Crippen molar-refractivity contribution in [3.63, 3.8) is 0 Å². The molecule has 7 nitrogen and oxygen atoms in total. The quantitative estimate of drug-likeness (QED) is 0.170. The predicted octanol–water partition coefficient (Wildman–Crippen LogP) is 8.72. The number of aromatic nitrogens is 2. The van der Waals surface area contributed by atoms with Gasteiger partial charge in [-0.25, -0.2) is 4.79 Å². The monoisotopic (exact) mass is 730 g/mol. The molecule has 0 amide bonds. The summed E-state index contributed by atoms with van der Waals surface area (Å²) in [5, 5.41) is 16.5. The van der Waals surface area contributed by atoms with Crippen LogP contribution in [0.2, 0.25) is 0 Å². The van der Waals surface area contributed by atoms with E-state index in [4.69, 9.17) is 12.8 Å². The first-order chi connectivity index (χ1) is 26.3. The molecule has 0 spiro atoms. The lowest BCUT2D eigenvalue weighted by Gasteiger charge is -2.36. The summed E-state index contributed by atoms with van der Waals surface area (Å²) in [6.45, 7) is 9.16. The Balaban J connectivity index is 1.18. The number of aromatic hydroxyl groups is 1. The predicted molar refractivity (Wildman–Crippen MR) is 225 cm³/mol. The second-order valence-electron chi connectivity index (χ2n) is 17.0. The minimum Gasteiger partial charge on any atom is -0.494 e. The highest BCUT2D eigenvalue weighted by molar-refractivity contribution is 5.95. The minimum atomic E-state index is -0.550. The zero-order chi connectivity index (χ0) is 39.0. The Morgan fingerprint density at radius 2 is 1.25 bits per heavy atom. The highest BCUT2D eigenvalue weighted by Crippen LogP contribution is 2.53. The summed E-state index contributed by atoms with van der Waals surface area (Å²) in [4.78, 5) is 31.3. The van der Waals surface area contributed by atoms with Gasteiger partial charge in [-0.15, -0.1) is 0 Å². The third-order valence-corrected chi connectivity index (χ3v) is 13.4. The SMILES string of the molecule is C#CN1c2ccc3ccccc3c2C(C)(C)C1CCC1=C(c2c(O)n(C)c(=O)n(C)c2=O)C(CCC2N(C#C)c3ccc4ccccc4c3C2(C)C)CCC1. The topological polar surface area (TPSA) is 70.7 Å². The fraction of sp³-hybridized carbons (Fsp3) is 0.375. The molecule has 5 aromatic rings. The van der Waals surface area contributed by atoms with Gasteiger partial charge < -0.3 is 5.11 Å². The summed E-state index contributed by atoms with van der Waals surface area (Å²) < 4.78 is 2.31. The fourth-order valence-electron chi connectivity index (χ4n) is 10.7. The number of rotatable bonds is 7. The van der Waals surface area contributed by atoms with Crippen LogP contribution in [0.15, 0.2) is 88.0 Å². The third-order valence-electron chi connectivity index (χ3n) is 13.4. The van der Waals surface area contributed by atoms with Crippen LogP contribution in [0.3, 0.4) is 0 Å². The molecule has 7 heteroatoms. The molecule has 3 aliphatic rings. The van der Waals surface area contributed by atoms with E-state index in [0.717, 1.165) is 65.6 Å². The highest BCUT2D eigenvalue weighted by atomic mass is 16.3. The third kappa shape index (κ3) is 5.42. The van der Waals surface area contributed by atoms with Gasteiger partial charge in [0.2, 0.25) is 5.88 Å². The maximum Gasteiger partial charge on any atom is 0.333 e. The summed E-state index contributed by atoms with van der Waals surface area (Å²) in [5.41, 5.74) is 5.45. The summed E-state index contributed by atoms with van der Waals surface area (Å²) in [5.74, 6) is -0.291. The molecule has 1 aromatic heterocycles. The molecule has 2 aliphatic heterocycles. The summed E-state index contributed by atoms with van der Waals surface area (Å²) in [7, 11) is 3.02. The van der Waals surface area contributed by atoms with Crippen molar-refractivity contribution in [2.45, 2.75) is 95.6 Å². The molecule has 0 bridgehead atoms. The number of anilines is 2. The van der Waals surface area contributed by atoms with Crippen molar-refractivity contribution >= 4 is 38.5 Å². The molecule has 0 radical (unpaired) electrons. The normalized spacial score (nSPS) is 21.1. The minimum absolute atomic E-state index is 0.0146. The number of fused-ring (bicyclic) bond motifs is 6. The first kappa shape index (κ1) is 36.3. The lowest BCUT2D eigenvalue weighted by molar-refractivity contribution is 0.372. The number of benzene rings is 4. The van der Waals surface area contributed by atoms with Crippen molar-refractivity contribution < 1.29 is 5.11 Å². The van der Waals surface area contributed by atoms with Crippen molar-refractivity contribution in [3.05, 3.63) is 116 Å². The molecule has 3 heterocycles. The molecule has 8 rings (SSSR count). The summed E-state index contributed by atoms with van der Waals surface area (Å²) in [6, 6.07) is 31.7. The van der Waals surface area contributed by atoms with E-state index in [1.807, 2.05) is 0 Å². The van der Waals surface area contributed by atoms with E-state index in [1.54, 1.807) is 0 Å².